The quantitative estimate of drug-likeness (QED) is 0.179. The molecule has 0 bridgehead atoms. The summed E-state index contributed by atoms with van der Waals surface area (Å²) in [6.45, 7) is 10.8. The van der Waals surface area contributed by atoms with Gasteiger partial charge in [0.1, 0.15) is 23.3 Å². The molecular weight excluding hydrogens is 683 g/mol. The molecule has 2 aromatic carbocycles. The summed E-state index contributed by atoms with van der Waals surface area (Å²) in [6.07, 6.45) is 10.2. The number of imidazole rings is 2. The Bertz CT molecular complexity index is 2060. The van der Waals surface area contributed by atoms with Crippen molar-refractivity contribution in [2.45, 2.75) is 110 Å². The van der Waals surface area contributed by atoms with E-state index in [1.54, 1.807) is 4.90 Å². The van der Waals surface area contributed by atoms with Gasteiger partial charge in [0, 0.05) is 24.2 Å². The minimum absolute atomic E-state index is 0.0895. The van der Waals surface area contributed by atoms with Crippen molar-refractivity contribution >= 4 is 18.1 Å². The van der Waals surface area contributed by atoms with Crippen LogP contribution in [0, 0.1) is 5.92 Å². The number of aromatic amines is 2. The summed E-state index contributed by atoms with van der Waals surface area (Å²) in [6, 6.07) is 8.30. The zero-order valence-corrected chi connectivity index (χ0v) is 32.2. The number of nitrogens with one attached hydrogen (secondary N) is 3. The number of alkyl carbamates (subject to hydrolysis) is 1. The van der Waals surface area contributed by atoms with Gasteiger partial charge < -0.3 is 29.7 Å². The van der Waals surface area contributed by atoms with Crippen molar-refractivity contribution in [1.82, 2.24) is 35.1 Å². The van der Waals surface area contributed by atoms with E-state index in [4.69, 9.17) is 19.4 Å². The lowest BCUT2D eigenvalue weighted by Crippen LogP contribution is -2.51. The SMILES string of the molecule is COC(=O)N[C@H](C(=O)N1CCC[C@H]1c1ncc(-c2cc3c4c(c2)CCc2cc(-c5cnc(C6CCCN6C(=O)OC(C)(C)C)[nH]5)cc(c2-4)CC3)[nH]1)C(C)C. The maximum atomic E-state index is 13.7. The molecule has 0 saturated carbocycles. The zero-order chi connectivity index (χ0) is 37.9. The van der Waals surface area contributed by atoms with Crippen LogP contribution in [0.4, 0.5) is 9.59 Å². The number of nitrogens with zero attached hydrogens (tertiary/aromatic N) is 4. The molecule has 2 fully saturated rings. The summed E-state index contributed by atoms with van der Waals surface area (Å²) in [5, 5.41) is 2.73. The predicted molar refractivity (Wildman–Crippen MR) is 205 cm³/mol. The zero-order valence-electron chi connectivity index (χ0n) is 32.2. The predicted octanol–water partition coefficient (Wildman–Crippen LogP) is 7.45. The van der Waals surface area contributed by atoms with E-state index in [1.165, 1.54) is 40.5 Å². The third kappa shape index (κ3) is 6.64. The molecule has 2 aromatic heterocycles. The number of ether oxygens (including phenoxy) is 2. The minimum Gasteiger partial charge on any atom is -0.453 e. The molecule has 54 heavy (non-hydrogen) atoms. The minimum atomic E-state index is -0.671. The summed E-state index contributed by atoms with van der Waals surface area (Å²) in [7, 11) is 1.31. The molecule has 3 atom stereocenters. The average Bonchev–Trinajstić information content (AvgIpc) is 3.97. The Hall–Kier alpha value is -5.13. The van der Waals surface area contributed by atoms with Gasteiger partial charge in [0.15, 0.2) is 0 Å². The number of methoxy groups -OCH3 is 1. The molecule has 2 aliphatic carbocycles. The van der Waals surface area contributed by atoms with E-state index in [1.807, 2.05) is 51.9 Å². The first-order valence-electron chi connectivity index (χ1n) is 19.5. The molecule has 3 amide bonds. The van der Waals surface area contributed by atoms with Gasteiger partial charge in [0.25, 0.3) is 0 Å². The van der Waals surface area contributed by atoms with Gasteiger partial charge in [-0.15, -0.1) is 0 Å². The number of amides is 3. The van der Waals surface area contributed by atoms with Crippen LogP contribution in [0.2, 0.25) is 0 Å². The van der Waals surface area contributed by atoms with Gasteiger partial charge in [-0.05, 0) is 136 Å². The monoisotopic (exact) mass is 733 g/mol. The Labute approximate surface area is 316 Å². The second-order valence-electron chi connectivity index (χ2n) is 16.6. The van der Waals surface area contributed by atoms with Crippen LogP contribution in [0.5, 0.6) is 0 Å². The summed E-state index contributed by atoms with van der Waals surface area (Å²) in [5.41, 5.74) is 11.8. The van der Waals surface area contributed by atoms with Crippen molar-refractivity contribution in [3.63, 3.8) is 0 Å². The van der Waals surface area contributed by atoms with Crippen LogP contribution in [0.25, 0.3) is 33.6 Å². The molecule has 1 unspecified atom stereocenters. The standard InChI is InChI=1S/C42H51N7O5/c1-23(2)36(47-40(51)53-6)39(50)48-15-7-9-32(48)37-43-21-30(45-37)28-17-24-11-13-26-19-29(20-27-14-12-25(18-28)34(24)35(26)27)31-22-44-38(46-31)33-10-8-16-49(33)41(52)54-42(3,4)5/h17-23,32-33,36H,7-16H2,1-6H3,(H,43,45)(H,44,46)(H,47,51)/t32-,33?,36-/m0/s1. The highest BCUT2D eigenvalue weighted by molar-refractivity contribution is 5.87. The highest BCUT2D eigenvalue weighted by Crippen LogP contribution is 2.46. The van der Waals surface area contributed by atoms with Gasteiger partial charge in [-0.25, -0.2) is 19.6 Å². The van der Waals surface area contributed by atoms with E-state index in [0.29, 0.717) is 13.1 Å². The van der Waals surface area contributed by atoms with Crippen molar-refractivity contribution in [2.75, 3.05) is 20.2 Å². The average molecular weight is 734 g/mol. The van der Waals surface area contributed by atoms with E-state index >= 15 is 0 Å². The summed E-state index contributed by atoms with van der Waals surface area (Å²) >= 11 is 0. The highest BCUT2D eigenvalue weighted by Gasteiger charge is 2.38. The molecule has 4 heterocycles. The van der Waals surface area contributed by atoms with E-state index in [0.717, 1.165) is 85.5 Å². The number of rotatable bonds is 7. The highest BCUT2D eigenvalue weighted by atomic mass is 16.6. The van der Waals surface area contributed by atoms with Gasteiger partial charge >= 0.3 is 12.2 Å². The van der Waals surface area contributed by atoms with Crippen molar-refractivity contribution in [2.24, 2.45) is 5.92 Å². The molecule has 0 radical (unpaired) electrons. The Balaban J connectivity index is 1.03. The second kappa shape index (κ2) is 13.9. The molecule has 2 aliphatic heterocycles. The van der Waals surface area contributed by atoms with Crippen LogP contribution in [0.3, 0.4) is 0 Å². The Morgan fingerprint density at radius 1 is 0.778 bits per heavy atom. The molecule has 0 spiro atoms. The van der Waals surface area contributed by atoms with Gasteiger partial charge in [0.05, 0.1) is 43.0 Å². The molecule has 284 valence electrons. The lowest BCUT2D eigenvalue weighted by molar-refractivity contribution is -0.135. The van der Waals surface area contributed by atoms with Gasteiger partial charge in [-0.3, -0.25) is 9.69 Å². The van der Waals surface area contributed by atoms with E-state index in [2.05, 4.69) is 39.6 Å². The molecule has 2 saturated heterocycles. The molecule has 12 heteroatoms. The smallest absolute Gasteiger partial charge is 0.410 e. The second-order valence-corrected chi connectivity index (χ2v) is 16.6. The third-order valence-electron chi connectivity index (χ3n) is 11.4. The number of H-pyrrole nitrogens is 2. The van der Waals surface area contributed by atoms with E-state index in [9.17, 15) is 14.4 Å². The van der Waals surface area contributed by atoms with Crippen molar-refractivity contribution in [3.05, 3.63) is 70.6 Å². The van der Waals surface area contributed by atoms with Crippen LogP contribution >= 0.6 is 0 Å². The molecule has 4 aromatic rings. The molecule has 4 aliphatic rings. The summed E-state index contributed by atoms with van der Waals surface area (Å²) < 4.78 is 10.5. The van der Waals surface area contributed by atoms with Gasteiger partial charge in [-0.1, -0.05) is 13.8 Å². The fourth-order valence-corrected chi connectivity index (χ4v) is 8.90. The molecule has 8 rings (SSSR count). The number of aryl methyl sites for hydroxylation is 4. The first-order valence-corrected chi connectivity index (χ1v) is 19.5. The largest absolute Gasteiger partial charge is 0.453 e. The lowest BCUT2D eigenvalue weighted by atomic mass is 9.74. The molecule has 3 N–H and O–H groups in total. The van der Waals surface area contributed by atoms with Crippen molar-refractivity contribution in [1.29, 1.82) is 0 Å². The van der Waals surface area contributed by atoms with E-state index < -0.39 is 17.7 Å². The third-order valence-corrected chi connectivity index (χ3v) is 11.4. The maximum Gasteiger partial charge on any atom is 0.410 e. The Kier molecular flexibility index (Phi) is 9.26. The van der Waals surface area contributed by atoms with Crippen molar-refractivity contribution < 1.29 is 23.9 Å². The number of carbonyl (C=O) groups excluding carboxylic acids is 3. The fourth-order valence-electron chi connectivity index (χ4n) is 8.90. The Morgan fingerprint density at radius 3 is 1.69 bits per heavy atom. The normalized spacial score (nSPS) is 19.5. The van der Waals surface area contributed by atoms with E-state index in [-0.39, 0.29) is 30.0 Å². The molecular formula is C42H51N7O5. The summed E-state index contributed by atoms with van der Waals surface area (Å²) in [5.74, 6) is 1.38. The molecule has 12 nitrogen and oxygen atoms in total. The Morgan fingerprint density at radius 2 is 1.24 bits per heavy atom. The van der Waals surface area contributed by atoms with Gasteiger partial charge in [0.2, 0.25) is 5.91 Å². The van der Waals surface area contributed by atoms with Crippen LogP contribution < -0.4 is 5.32 Å². The first-order chi connectivity index (χ1) is 25.9. The van der Waals surface area contributed by atoms with Crippen LogP contribution in [0.15, 0.2) is 36.7 Å². The summed E-state index contributed by atoms with van der Waals surface area (Å²) in [4.78, 5) is 59.0. The van der Waals surface area contributed by atoms with Crippen LogP contribution in [-0.2, 0) is 40.0 Å². The van der Waals surface area contributed by atoms with Crippen LogP contribution in [0.1, 0.15) is 106 Å². The number of benzene rings is 2. The first kappa shape index (κ1) is 35.9. The number of likely N-dealkylation sites (tertiary alicyclic amines) is 2. The maximum absolute atomic E-state index is 13.7. The number of aromatic nitrogens is 4. The number of carbonyl (C=O) groups is 3. The topological polar surface area (TPSA) is 146 Å². The van der Waals surface area contributed by atoms with Gasteiger partial charge in [-0.2, -0.15) is 0 Å². The number of hydrogen-bond acceptors (Lipinski definition) is 7. The number of hydrogen-bond donors (Lipinski definition) is 3. The van der Waals surface area contributed by atoms with Crippen molar-refractivity contribution in [3.8, 4) is 33.6 Å². The van der Waals surface area contributed by atoms with Crippen LogP contribution in [-0.4, -0.2) is 79.7 Å². The lowest BCUT2D eigenvalue weighted by Gasteiger charge is -2.30. The fraction of sp³-hybridized carbons (Fsp3) is 0.500.